The zero-order valence-corrected chi connectivity index (χ0v) is 16.4. The summed E-state index contributed by atoms with van der Waals surface area (Å²) in [5.41, 5.74) is 0.668. The van der Waals surface area contributed by atoms with E-state index in [1.165, 1.54) is 12.0 Å². The first-order valence-electron chi connectivity index (χ1n) is 9.55. The van der Waals surface area contributed by atoms with Crippen molar-refractivity contribution in [1.82, 2.24) is 5.32 Å². The highest BCUT2D eigenvalue weighted by atomic mass is 19.1. The molecule has 1 aliphatic carbocycles. The second-order valence-corrected chi connectivity index (χ2v) is 7.17. The van der Waals surface area contributed by atoms with Gasteiger partial charge in [0.25, 0.3) is 0 Å². The number of nitrogens with one attached hydrogen (secondary N) is 1. The fraction of sp³-hybridized carbons (Fsp3) is 0.318. The lowest BCUT2D eigenvalue weighted by Crippen LogP contribution is -2.51. The van der Waals surface area contributed by atoms with E-state index in [-0.39, 0.29) is 24.4 Å². The molecule has 30 heavy (non-hydrogen) atoms. The maximum absolute atomic E-state index is 13.4. The molecule has 0 aliphatic heterocycles. The number of carbonyl (C=O) groups excluding carboxylic acids is 3. The Morgan fingerprint density at radius 3 is 2.30 bits per heavy atom. The molecule has 0 bridgehead atoms. The van der Waals surface area contributed by atoms with Crippen molar-refractivity contribution < 1.29 is 27.9 Å². The van der Waals surface area contributed by atoms with E-state index in [4.69, 9.17) is 4.74 Å². The number of hydrogen-bond acceptors (Lipinski definition) is 4. The SMILES string of the molecule is COC(=O)CN(C(=O)[C@@H](NC(=O)Cc1cc(F)cc(F)c1)C1CC1)c1ccccc1. The van der Waals surface area contributed by atoms with Crippen molar-refractivity contribution in [3.05, 3.63) is 65.7 Å². The third kappa shape index (κ3) is 5.62. The van der Waals surface area contributed by atoms with Crippen LogP contribution in [0.4, 0.5) is 14.5 Å². The van der Waals surface area contributed by atoms with E-state index >= 15 is 0 Å². The summed E-state index contributed by atoms with van der Waals surface area (Å²) in [6.45, 7) is -0.298. The molecule has 0 spiro atoms. The van der Waals surface area contributed by atoms with Crippen molar-refractivity contribution in [1.29, 1.82) is 0 Å². The lowest BCUT2D eigenvalue weighted by molar-refractivity contribution is -0.140. The number of methoxy groups -OCH3 is 1. The standard InChI is InChI=1S/C22H22F2N2O4/c1-30-20(28)13-26(18-5-3-2-4-6-18)22(29)21(15-7-8-15)25-19(27)11-14-9-16(23)12-17(24)10-14/h2-6,9-10,12,15,21H,7-8,11,13H2,1H3,(H,25,27)/t21-/m0/s1. The first-order valence-corrected chi connectivity index (χ1v) is 9.55. The van der Waals surface area contributed by atoms with Crippen molar-refractivity contribution in [2.24, 2.45) is 5.92 Å². The van der Waals surface area contributed by atoms with Gasteiger partial charge in [0.15, 0.2) is 0 Å². The normalized spacial score (nSPS) is 14.0. The lowest BCUT2D eigenvalue weighted by Gasteiger charge is -2.27. The molecular formula is C22H22F2N2O4. The first-order chi connectivity index (χ1) is 14.4. The summed E-state index contributed by atoms with van der Waals surface area (Å²) in [6, 6.07) is 10.6. The summed E-state index contributed by atoms with van der Waals surface area (Å²) in [4.78, 5) is 38.9. The molecule has 8 heteroatoms. The number of nitrogens with zero attached hydrogens (tertiary/aromatic N) is 1. The Morgan fingerprint density at radius 2 is 1.73 bits per heavy atom. The summed E-state index contributed by atoms with van der Waals surface area (Å²) in [7, 11) is 1.23. The summed E-state index contributed by atoms with van der Waals surface area (Å²) in [6.07, 6.45) is 1.24. The molecule has 1 aliphatic rings. The lowest BCUT2D eigenvalue weighted by atomic mass is 10.1. The summed E-state index contributed by atoms with van der Waals surface area (Å²) < 4.78 is 31.5. The molecule has 2 aromatic rings. The van der Waals surface area contributed by atoms with Crippen LogP contribution in [0.5, 0.6) is 0 Å². The van der Waals surface area contributed by atoms with Crippen molar-refractivity contribution in [2.45, 2.75) is 25.3 Å². The maximum atomic E-state index is 13.4. The first kappa shape index (κ1) is 21.4. The molecule has 2 amide bonds. The number of anilines is 1. The van der Waals surface area contributed by atoms with Crippen LogP contribution in [0.3, 0.4) is 0 Å². The topological polar surface area (TPSA) is 75.7 Å². The Morgan fingerprint density at radius 1 is 1.10 bits per heavy atom. The summed E-state index contributed by atoms with van der Waals surface area (Å²) >= 11 is 0. The van der Waals surface area contributed by atoms with E-state index < -0.39 is 35.5 Å². The number of rotatable bonds is 8. The molecule has 3 rings (SSSR count). The molecule has 1 atom stereocenters. The van der Waals surface area contributed by atoms with Crippen LogP contribution in [-0.2, 0) is 25.5 Å². The smallest absolute Gasteiger partial charge is 0.325 e. The van der Waals surface area contributed by atoms with Crippen LogP contribution in [0.1, 0.15) is 18.4 Å². The van der Waals surface area contributed by atoms with Gasteiger partial charge in [-0.05, 0) is 48.6 Å². The minimum absolute atomic E-state index is 0.0606. The molecule has 0 unspecified atom stereocenters. The van der Waals surface area contributed by atoms with Gasteiger partial charge in [-0.2, -0.15) is 0 Å². The van der Waals surface area contributed by atoms with E-state index in [1.54, 1.807) is 30.3 Å². The van der Waals surface area contributed by atoms with Gasteiger partial charge < -0.3 is 10.1 Å². The minimum atomic E-state index is -0.847. The van der Waals surface area contributed by atoms with Crippen molar-refractivity contribution in [2.75, 3.05) is 18.6 Å². The molecular weight excluding hydrogens is 394 g/mol. The quantitative estimate of drug-likeness (QED) is 0.672. The highest BCUT2D eigenvalue weighted by molar-refractivity contribution is 6.02. The highest BCUT2D eigenvalue weighted by Gasteiger charge is 2.40. The second kappa shape index (κ2) is 9.47. The van der Waals surface area contributed by atoms with E-state index in [9.17, 15) is 23.2 Å². The van der Waals surface area contributed by atoms with E-state index in [0.717, 1.165) is 31.0 Å². The monoisotopic (exact) mass is 416 g/mol. The van der Waals surface area contributed by atoms with Crippen molar-refractivity contribution in [3.8, 4) is 0 Å². The molecule has 6 nitrogen and oxygen atoms in total. The minimum Gasteiger partial charge on any atom is -0.468 e. The molecule has 158 valence electrons. The van der Waals surface area contributed by atoms with Gasteiger partial charge in [-0.15, -0.1) is 0 Å². The van der Waals surface area contributed by atoms with Gasteiger partial charge in [-0.1, -0.05) is 18.2 Å². The average Bonchev–Trinajstić information content (AvgIpc) is 3.54. The van der Waals surface area contributed by atoms with Gasteiger partial charge in [-0.25, -0.2) is 8.78 Å². The second-order valence-electron chi connectivity index (χ2n) is 7.17. The van der Waals surface area contributed by atoms with E-state index in [0.29, 0.717) is 5.69 Å². The van der Waals surface area contributed by atoms with E-state index in [1.807, 2.05) is 0 Å². The van der Waals surface area contributed by atoms with Crippen LogP contribution >= 0.6 is 0 Å². The number of para-hydroxylation sites is 1. The zero-order valence-electron chi connectivity index (χ0n) is 16.4. The third-order valence-electron chi connectivity index (χ3n) is 4.81. The predicted octanol–water partition coefficient (Wildman–Crippen LogP) is 2.61. The molecule has 2 aromatic carbocycles. The average molecular weight is 416 g/mol. The van der Waals surface area contributed by atoms with Gasteiger partial charge in [0, 0.05) is 11.8 Å². The van der Waals surface area contributed by atoms with Crippen molar-refractivity contribution in [3.63, 3.8) is 0 Å². The van der Waals surface area contributed by atoms with Gasteiger partial charge in [0.05, 0.1) is 13.5 Å². The Hall–Kier alpha value is -3.29. The Kier molecular flexibility index (Phi) is 6.76. The number of benzene rings is 2. The van der Waals surface area contributed by atoms with Gasteiger partial charge >= 0.3 is 5.97 Å². The van der Waals surface area contributed by atoms with Crippen molar-refractivity contribution >= 4 is 23.5 Å². The molecule has 0 heterocycles. The molecule has 0 saturated heterocycles. The summed E-state index contributed by atoms with van der Waals surface area (Å²) in [5.74, 6) is -3.18. The molecule has 1 fully saturated rings. The Balaban J connectivity index is 1.77. The van der Waals surface area contributed by atoms with Gasteiger partial charge in [0.2, 0.25) is 11.8 Å². The van der Waals surface area contributed by atoms with Crippen LogP contribution in [0.2, 0.25) is 0 Å². The molecule has 1 saturated carbocycles. The number of esters is 1. The summed E-state index contributed by atoms with van der Waals surface area (Å²) in [5, 5.41) is 2.68. The van der Waals surface area contributed by atoms with Crippen LogP contribution in [0.15, 0.2) is 48.5 Å². The predicted molar refractivity (Wildman–Crippen MR) is 106 cm³/mol. The number of halogens is 2. The molecule has 0 aromatic heterocycles. The number of ether oxygens (including phenoxy) is 1. The Bertz CT molecular complexity index is 912. The molecule has 1 N–H and O–H groups in total. The highest BCUT2D eigenvalue weighted by Crippen LogP contribution is 2.34. The molecule has 0 radical (unpaired) electrons. The van der Waals surface area contributed by atoms with Crippen LogP contribution in [-0.4, -0.2) is 37.5 Å². The third-order valence-corrected chi connectivity index (χ3v) is 4.81. The number of carbonyl (C=O) groups is 3. The number of amides is 2. The van der Waals surface area contributed by atoms with Crippen LogP contribution in [0, 0.1) is 17.6 Å². The zero-order chi connectivity index (χ0) is 21.7. The fourth-order valence-electron chi connectivity index (χ4n) is 3.20. The van der Waals surface area contributed by atoms with Crippen LogP contribution in [0.25, 0.3) is 0 Å². The van der Waals surface area contributed by atoms with Gasteiger partial charge in [0.1, 0.15) is 24.2 Å². The fourth-order valence-corrected chi connectivity index (χ4v) is 3.20. The largest absolute Gasteiger partial charge is 0.468 e. The van der Waals surface area contributed by atoms with Crippen LogP contribution < -0.4 is 10.2 Å². The number of hydrogen-bond donors (Lipinski definition) is 1. The van der Waals surface area contributed by atoms with E-state index in [2.05, 4.69) is 5.32 Å². The maximum Gasteiger partial charge on any atom is 0.325 e. The Labute approximate surface area is 172 Å². The van der Waals surface area contributed by atoms with Gasteiger partial charge in [-0.3, -0.25) is 19.3 Å².